The largest absolute Gasteiger partial charge is 0.0954 e. The molecule has 0 rings (SSSR count). The highest BCUT2D eigenvalue weighted by molar-refractivity contribution is 4.96. The minimum atomic E-state index is 0.846. The maximum absolute atomic E-state index is 7.86. The Labute approximate surface area is 67.4 Å². The molecule has 0 saturated heterocycles. The van der Waals surface area contributed by atoms with Gasteiger partial charge in [-0.1, -0.05) is 32.1 Å². The lowest BCUT2D eigenvalue weighted by molar-refractivity contribution is 0.679. The number of rotatable bonds is 4. The quantitative estimate of drug-likeness (QED) is 0.195. The fraction of sp³-hybridized carbons (Fsp3) is 0.750. The molecule has 3 heteroatoms. The molecule has 0 saturated carbocycles. The Kier molecular flexibility index (Phi) is 7.96. The van der Waals surface area contributed by atoms with Gasteiger partial charge in [-0.3, -0.25) is 0 Å². The summed E-state index contributed by atoms with van der Waals surface area (Å²) in [5, 5.41) is 3.11. The third-order valence-electron chi connectivity index (χ3n) is 1.33. The highest BCUT2D eigenvalue weighted by Gasteiger charge is 1.82. The van der Waals surface area contributed by atoms with E-state index in [0.29, 0.717) is 0 Å². The summed E-state index contributed by atoms with van der Waals surface area (Å²) >= 11 is 0. The van der Waals surface area contributed by atoms with Crippen LogP contribution in [0.3, 0.4) is 0 Å². The number of hydrogen-bond donors (Lipinski definition) is 0. The third kappa shape index (κ3) is 8.87. The molecular formula is C8H13N3. The first-order valence-corrected chi connectivity index (χ1v) is 3.93. The Balaban J connectivity index is 3.15. The van der Waals surface area contributed by atoms with Crippen molar-refractivity contribution in [2.24, 2.45) is 5.11 Å². The summed E-state index contributed by atoms with van der Waals surface area (Å²) < 4.78 is 0. The van der Waals surface area contributed by atoms with Gasteiger partial charge in [-0.25, -0.2) is 0 Å². The maximum atomic E-state index is 7.86. The van der Waals surface area contributed by atoms with Crippen molar-refractivity contribution in [1.82, 2.24) is 0 Å². The summed E-state index contributed by atoms with van der Waals surface area (Å²) in [7, 11) is 0. The van der Waals surface area contributed by atoms with Crippen molar-refractivity contribution in [2.75, 3.05) is 0 Å². The first-order chi connectivity index (χ1) is 5.41. The van der Waals surface area contributed by atoms with E-state index in [9.17, 15) is 0 Å². The lowest BCUT2D eigenvalue weighted by Crippen LogP contribution is -1.73. The Morgan fingerprint density at radius 3 is 2.82 bits per heavy atom. The lowest BCUT2D eigenvalue weighted by Gasteiger charge is -1.90. The van der Waals surface area contributed by atoms with Crippen LogP contribution in [0.2, 0.25) is 0 Å². The Hall–Kier alpha value is -1.13. The van der Waals surface area contributed by atoms with E-state index in [2.05, 4.69) is 28.9 Å². The molecule has 0 atom stereocenters. The molecule has 11 heavy (non-hydrogen) atoms. The van der Waals surface area contributed by atoms with Gasteiger partial charge in [0.15, 0.2) is 0 Å². The van der Waals surface area contributed by atoms with Crippen molar-refractivity contribution in [2.45, 2.75) is 39.0 Å². The van der Waals surface area contributed by atoms with Crippen LogP contribution in [-0.4, -0.2) is 0 Å². The normalized spacial score (nSPS) is 7.73. The van der Waals surface area contributed by atoms with Crippen LogP contribution < -0.4 is 0 Å². The molecule has 0 unspecified atom stereocenters. The van der Waals surface area contributed by atoms with Crippen LogP contribution in [-0.2, 0) is 0 Å². The van der Waals surface area contributed by atoms with Gasteiger partial charge in [-0.2, -0.15) is 0 Å². The first kappa shape index (κ1) is 9.87. The summed E-state index contributed by atoms with van der Waals surface area (Å²) in [6.45, 7) is 2.17. The zero-order valence-electron chi connectivity index (χ0n) is 6.88. The number of unbranched alkanes of at least 4 members (excludes halogenated alkanes) is 4. The van der Waals surface area contributed by atoms with Crippen LogP contribution in [0.4, 0.5) is 0 Å². The number of hydrogen-bond acceptors (Lipinski definition) is 1. The van der Waals surface area contributed by atoms with Gasteiger partial charge >= 0.3 is 0 Å². The molecule has 0 amide bonds. The van der Waals surface area contributed by atoms with Crippen molar-refractivity contribution in [3.63, 3.8) is 0 Å². The van der Waals surface area contributed by atoms with Crippen molar-refractivity contribution in [3.8, 4) is 12.0 Å². The van der Waals surface area contributed by atoms with Gasteiger partial charge in [0, 0.05) is 11.3 Å². The van der Waals surface area contributed by atoms with Crippen LogP contribution in [0.5, 0.6) is 0 Å². The van der Waals surface area contributed by atoms with E-state index in [0.717, 1.165) is 12.8 Å². The smallest absolute Gasteiger partial charge is 0.0127 e. The summed E-state index contributed by atoms with van der Waals surface area (Å²) in [5.41, 5.74) is 7.86. The fourth-order valence-corrected chi connectivity index (χ4v) is 0.754. The number of azide groups is 1. The van der Waals surface area contributed by atoms with Gasteiger partial charge < -0.3 is 0 Å². The molecule has 0 aromatic rings. The van der Waals surface area contributed by atoms with E-state index in [-0.39, 0.29) is 0 Å². The molecule has 0 radical (unpaired) electrons. The van der Waals surface area contributed by atoms with E-state index < -0.39 is 0 Å². The maximum Gasteiger partial charge on any atom is 0.0127 e. The van der Waals surface area contributed by atoms with Crippen molar-refractivity contribution in [1.29, 1.82) is 0 Å². The molecule has 0 heterocycles. The van der Waals surface area contributed by atoms with Gasteiger partial charge in [0.05, 0.1) is 0 Å². The van der Waals surface area contributed by atoms with Gasteiger partial charge in [0.25, 0.3) is 0 Å². The molecule has 0 aliphatic rings. The minimum absolute atomic E-state index is 0.846. The SMILES string of the molecule is CCCCCCC#CN=[N+]=[N-]. The van der Waals surface area contributed by atoms with Gasteiger partial charge in [0.2, 0.25) is 0 Å². The standard InChI is InChI=1S/C8H13N3/c1-2-3-4-5-6-7-8-10-11-9/h2-6H2,1H3. The average molecular weight is 151 g/mol. The Morgan fingerprint density at radius 1 is 1.36 bits per heavy atom. The summed E-state index contributed by atoms with van der Waals surface area (Å²) in [4.78, 5) is 2.52. The van der Waals surface area contributed by atoms with E-state index in [1.807, 2.05) is 0 Å². The molecule has 0 N–H and O–H groups in total. The van der Waals surface area contributed by atoms with Crippen molar-refractivity contribution >= 4 is 0 Å². The van der Waals surface area contributed by atoms with E-state index in [1.165, 1.54) is 19.3 Å². The lowest BCUT2D eigenvalue weighted by atomic mass is 10.2. The molecule has 0 aromatic heterocycles. The van der Waals surface area contributed by atoms with Crippen LogP contribution in [0.25, 0.3) is 10.4 Å². The minimum Gasteiger partial charge on any atom is -0.0954 e. The molecule has 0 aromatic carbocycles. The van der Waals surface area contributed by atoms with Crippen LogP contribution in [0.15, 0.2) is 5.11 Å². The predicted molar refractivity (Wildman–Crippen MR) is 45.7 cm³/mol. The molecule has 0 spiro atoms. The van der Waals surface area contributed by atoms with Gasteiger partial charge in [0.1, 0.15) is 0 Å². The van der Waals surface area contributed by atoms with Gasteiger partial charge in [-0.15, -0.1) is 0 Å². The highest BCUT2D eigenvalue weighted by atomic mass is 15.1. The van der Waals surface area contributed by atoms with Crippen LogP contribution in [0, 0.1) is 12.0 Å². The predicted octanol–water partition coefficient (Wildman–Crippen LogP) is 3.23. The second-order valence-electron chi connectivity index (χ2n) is 2.29. The second-order valence-corrected chi connectivity index (χ2v) is 2.29. The van der Waals surface area contributed by atoms with Crippen LogP contribution in [0.1, 0.15) is 39.0 Å². The van der Waals surface area contributed by atoms with E-state index in [1.54, 1.807) is 0 Å². The third-order valence-corrected chi connectivity index (χ3v) is 1.33. The summed E-state index contributed by atoms with van der Waals surface area (Å²) in [5.74, 6) is 2.77. The van der Waals surface area contributed by atoms with Crippen molar-refractivity contribution < 1.29 is 0 Å². The summed E-state index contributed by atoms with van der Waals surface area (Å²) in [6.07, 6.45) is 5.69. The van der Waals surface area contributed by atoms with Crippen molar-refractivity contribution in [3.05, 3.63) is 10.4 Å². The Bertz CT molecular complexity index is 181. The van der Waals surface area contributed by atoms with E-state index in [4.69, 9.17) is 5.53 Å². The Morgan fingerprint density at radius 2 is 2.18 bits per heavy atom. The highest BCUT2D eigenvalue weighted by Crippen LogP contribution is 2.00. The topological polar surface area (TPSA) is 48.8 Å². The zero-order chi connectivity index (χ0) is 8.36. The molecule has 0 aliphatic heterocycles. The second kappa shape index (κ2) is 8.87. The average Bonchev–Trinajstić information content (AvgIpc) is 2.03. The molecular weight excluding hydrogens is 138 g/mol. The molecule has 0 fully saturated rings. The first-order valence-electron chi connectivity index (χ1n) is 3.93. The fourth-order valence-electron chi connectivity index (χ4n) is 0.754. The molecule has 0 bridgehead atoms. The van der Waals surface area contributed by atoms with Crippen LogP contribution >= 0.6 is 0 Å². The molecule has 3 nitrogen and oxygen atoms in total. The monoisotopic (exact) mass is 151 g/mol. The summed E-state index contributed by atoms with van der Waals surface area (Å²) in [6, 6.07) is 2.37. The van der Waals surface area contributed by atoms with Gasteiger partial charge in [-0.05, 0) is 23.1 Å². The zero-order valence-corrected chi connectivity index (χ0v) is 6.88. The number of nitrogens with zero attached hydrogens (tertiary/aromatic N) is 3. The molecule has 0 aliphatic carbocycles. The molecule has 60 valence electrons. The van der Waals surface area contributed by atoms with E-state index >= 15 is 0 Å².